The maximum absolute atomic E-state index is 14.3. The molecule has 1 atom stereocenters. The highest BCUT2D eigenvalue weighted by Gasteiger charge is 2.19. The number of nitrogens with zero attached hydrogens (tertiary/aromatic N) is 1. The molecule has 1 aromatic carbocycles. The molecule has 2 rings (SSSR count). The number of benzene rings is 1. The van der Waals surface area contributed by atoms with Crippen LogP contribution in [0.5, 0.6) is 0 Å². The van der Waals surface area contributed by atoms with Crippen molar-refractivity contribution in [1.82, 2.24) is 5.32 Å². The molecule has 1 amide bonds. The standard InChI is InChI=1S/C18H27FN2O3/c1-3-13(4-2)17(22)12-20-18(23)14-5-6-16(15(19)11-14)21-7-9-24-10-8-21/h5-6,11,13,17,22H,3-4,7-10,12H2,1-2H3,(H,20,23). The Kier molecular flexibility index (Phi) is 6.99. The zero-order valence-electron chi connectivity index (χ0n) is 14.4. The van der Waals surface area contributed by atoms with Gasteiger partial charge in [-0.25, -0.2) is 4.39 Å². The summed E-state index contributed by atoms with van der Waals surface area (Å²) in [5.41, 5.74) is 0.758. The molecule has 2 N–H and O–H groups in total. The topological polar surface area (TPSA) is 61.8 Å². The van der Waals surface area contributed by atoms with E-state index in [0.29, 0.717) is 32.0 Å². The molecule has 24 heavy (non-hydrogen) atoms. The van der Waals surface area contributed by atoms with Gasteiger partial charge in [-0.05, 0) is 24.1 Å². The molecule has 1 aliphatic rings. The summed E-state index contributed by atoms with van der Waals surface area (Å²) in [4.78, 5) is 14.1. The normalized spacial score (nSPS) is 16.3. The predicted octanol–water partition coefficient (Wildman–Crippen LogP) is 2.19. The molecule has 1 saturated heterocycles. The highest BCUT2D eigenvalue weighted by molar-refractivity contribution is 5.94. The van der Waals surface area contributed by atoms with Crippen LogP contribution in [0.4, 0.5) is 10.1 Å². The molecule has 0 spiro atoms. The van der Waals surface area contributed by atoms with E-state index in [1.54, 1.807) is 12.1 Å². The Morgan fingerprint density at radius 3 is 2.58 bits per heavy atom. The van der Waals surface area contributed by atoms with Crippen molar-refractivity contribution in [3.63, 3.8) is 0 Å². The van der Waals surface area contributed by atoms with Gasteiger partial charge in [0.05, 0.1) is 25.0 Å². The van der Waals surface area contributed by atoms with E-state index in [4.69, 9.17) is 4.74 Å². The highest BCUT2D eigenvalue weighted by Crippen LogP contribution is 2.21. The van der Waals surface area contributed by atoms with Gasteiger partial charge in [0.25, 0.3) is 5.91 Å². The van der Waals surface area contributed by atoms with Gasteiger partial charge in [-0.15, -0.1) is 0 Å². The van der Waals surface area contributed by atoms with E-state index >= 15 is 0 Å². The van der Waals surface area contributed by atoms with E-state index < -0.39 is 11.9 Å². The molecular formula is C18H27FN2O3. The Bertz CT molecular complexity index is 543. The van der Waals surface area contributed by atoms with Crippen molar-refractivity contribution in [3.8, 4) is 0 Å². The Morgan fingerprint density at radius 2 is 2.00 bits per heavy atom. The van der Waals surface area contributed by atoms with Crippen molar-refractivity contribution in [3.05, 3.63) is 29.6 Å². The molecule has 6 heteroatoms. The fourth-order valence-electron chi connectivity index (χ4n) is 3.01. The van der Waals surface area contributed by atoms with Crippen LogP contribution >= 0.6 is 0 Å². The number of hydrogen-bond acceptors (Lipinski definition) is 4. The van der Waals surface area contributed by atoms with E-state index in [1.165, 1.54) is 6.07 Å². The van der Waals surface area contributed by atoms with Crippen LogP contribution in [0.15, 0.2) is 18.2 Å². The van der Waals surface area contributed by atoms with Crippen LogP contribution in [0.2, 0.25) is 0 Å². The number of amides is 1. The van der Waals surface area contributed by atoms with E-state index in [1.807, 2.05) is 18.7 Å². The van der Waals surface area contributed by atoms with Crippen LogP contribution in [0.25, 0.3) is 0 Å². The third kappa shape index (κ3) is 4.68. The third-order valence-electron chi connectivity index (χ3n) is 4.63. The molecule has 1 heterocycles. The van der Waals surface area contributed by atoms with Gasteiger partial charge < -0.3 is 20.1 Å². The molecular weight excluding hydrogens is 311 g/mol. The van der Waals surface area contributed by atoms with Crippen molar-refractivity contribution >= 4 is 11.6 Å². The fourth-order valence-corrected chi connectivity index (χ4v) is 3.01. The van der Waals surface area contributed by atoms with Gasteiger partial charge in [0, 0.05) is 25.2 Å². The number of carbonyl (C=O) groups is 1. The summed E-state index contributed by atoms with van der Waals surface area (Å²) in [6.45, 7) is 6.65. The first-order valence-corrected chi connectivity index (χ1v) is 8.65. The molecule has 0 bridgehead atoms. The van der Waals surface area contributed by atoms with Gasteiger partial charge in [-0.2, -0.15) is 0 Å². The Hall–Kier alpha value is -1.66. The first-order valence-electron chi connectivity index (χ1n) is 8.65. The number of nitrogens with one attached hydrogen (secondary N) is 1. The van der Waals surface area contributed by atoms with Crippen LogP contribution in [0.3, 0.4) is 0 Å². The summed E-state index contributed by atoms with van der Waals surface area (Å²) in [5, 5.41) is 12.8. The zero-order valence-corrected chi connectivity index (χ0v) is 14.4. The lowest BCUT2D eigenvalue weighted by molar-refractivity contribution is 0.0816. The van der Waals surface area contributed by atoms with Crippen molar-refractivity contribution < 1.29 is 19.0 Å². The largest absolute Gasteiger partial charge is 0.391 e. The monoisotopic (exact) mass is 338 g/mol. The van der Waals surface area contributed by atoms with Gasteiger partial charge in [-0.3, -0.25) is 4.79 Å². The van der Waals surface area contributed by atoms with Crippen LogP contribution in [-0.4, -0.2) is 50.0 Å². The van der Waals surface area contributed by atoms with Gasteiger partial charge in [0.1, 0.15) is 5.82 Å². The summed E-state index contributed by atoms with van der Waals surface area (Å²) >= 11 is 0. The van der Waals surface area contributed by atoms with Gasteiger partial charge >= 0.3 is 0 Å². The number of carbonyl (C=O) groups excluding carboxylic acids is 1. The maximum atomic E-state index is 14.3. The lowest BCUT2D eigenvalue weighted by atomic mass is 9.96. The van der Waals surface area contributed by atoms with Gasteiger partial charge in [-0.1, -0.05) is 26.7 Å². The van der Waals surface area contributed by atoms with Crippen LogP contribution in [0.1, 0.15) is 37.0 Å². The van der Waals surface area contributed by atoms with E-state index in [2.05, 4.69) is 5.32 Å². The first-order chi connectivity index (χ1) is 11.6. The van der Waals surface area contributed by atoms with Crippen LogP contribution < -0.4 is 10.2 Å². The minimum absolute atomic E-state index is 0.158. The average Bonchev–Trinajstić information content (AvgIpc) is 2.61. The molecule has 5 nitrogen and oxygen atoms in total. The predicted molar refractivity (Wildman–Crippen MR) is 91.8 cm³/mol. The average molecular weight is 338 g/mol. The number of halogens is 1. The highest BCUT2D eigenvalue weighted by atomic mass is 19.1. The van der Waals surface area contributed by atoms with Crippen molar-refractivity contribution in [1.29, 1.82) is 0 Å². The summed E-state index contributed by atoms with van der Waals surface area (Å²) in [6.07, 6.45) is 1.13. The number of aliphatic hydroxyl groups excluding tert-OH is 1. The number of ether oxygens (including phenoxy) is 1. The zero-order chi connectivity index (χ0) is 17.5. The Balaban J connectivity index is 1.96. The number of morpholine rings is 1. The second kappa shape index (κ2) is 8.99. The number of anilines is 1. The molecule has 1 aromatic rings. The van der Waals surface area contributed by atoms with E-state index in [-0.39, 0.29) is 23.9 Å². The minimum atomic E-state index is -0.582. The molecule has 0 aliphatic carbocycles. The maximum Gasteiger partial charge on any atom is 0.251 e. The summed E-state index contributed by atoms with van der Waals surface area (Å²) in [5.74, 6) is -0.622. The smallest absolute Gasteiger partial charge is 0.251 e. The lowest BCUT2D eigenvalue weighted by Gasteiger charge is -2.29. The second-order valence-corrected chi connectivity index (χ2v) is 6.12. The molecule has 1 aliphatic heterocycles. The lowest BCUT2D eigenvalue weighted by Crippen LogP contribution is -2.37. The number of hydrogen-bond donors (Lipinski definition) is 2. The Morgan fingerprint density at radius 1 is 1.33 bits per heavy atom. The van der Waals surface area contributed by atoms with Crippen LogP contribution in [0, 0.1) is 11.7 Å². The molecule has 0 saturated carbocycles. The molecule has 0 aromatic heterocycles. The summed E-state index contributed by atoms with van der Waals surface area (Å²) in [7, 11) is 0. The molecule has 1 fully saturated rings. The number of aliphatic hydroxyl groups is 1. The van der Waals surface area contributed by atoms with Gasteiger partial charge in [0.2, 0.25) is 0 Å². The molecule has 134 valence electrons. The second-order valence-electron chi connectivity index (χ2n) is 6.12. The van der Waals surface area contributed by atoms with E-state index in [0.717, 1.165) is 12.8 Å². The third-order valence-corrected chi connectivity index (χ3v) is 4.63. The quantitative estimate of drug-likeness (QED) is 0.800. The minimum Gasteiger partial charge on any atom is -0.391 e. The first kappa shape index (κ1) is 18.7. The fraction of sp³-hybridized carbons (Fsp3) is 0.611. The summed E-state index contributed by atoms with van der Waals surface area (Å²) in [6, 6.07) is 4.50. The van der Waals surface area contributed by atoms with Crippen molar-refractivity contribution in [2.75, 3.05) is 37.7 Å². The molecule has 1 unspecified atom stereocenters. The van der Waals surface area contributed by atoms with Crippen LogP contribution in [-0.2, 0) is 4.74 Å². The Labute approximate surface area is 142 Å². The SMILES string of the molecule is CCC(CC)C(O)CNC(=O)c1ccc(N2CCOCC2)c(F)c1. The van der Waals surface area contributed by atoms with Gasteiger partial charge in [0.15, 0.2) is 0 Å². The number of rotatable bonds is 7. The van der Waals surface area contributed by atoms with Crippen molar-refractivity contribution in [2.24, 2.45) is 5.92 Å². The summed E-state index contributed by atoms with van der Waals surface area (Å²) < 4.78 is 19.6. The van der Waals surface area contributed by atoms with E-state index in [9.17, 15) is 14.3 Å². The van der Waals surface area contributed by atoms with Crippen molar-refractivity contribution in [2.45, 2.75) is 32.8 Å². The molecule has 0 radical (unpaired) electrons.